The van der Waals surface area contributed by atoms with Crippen LogP contribution in [0.3, 0.4) is 0 Å². The van der Waals surface area contributed by atoms with Gasteiger partial charge in [-0.2, -0.15) is 0 Å². The van der Waals surface area contributed by atoms with E-state index >= 15 is 0 Å². The van der Waals surface area contributed by atoms with Crippen LogP contribution in [0.4, 0.5) is 5.69 Å². The number of amides is 1. The highest BCUT2D eigenvalue weighted by Crippen LogP contribution is 2.16. The number of esters is 1. The second kappa shape index (κ2) is 8.47. The monoisotopic (exact) mass is 379 g/mol. The van der Waals surface area contributed by atoms with E-state index in [0.717, 1.165) is 11.1 Å². The third kappa shape index (κ3) is 4.82. The molecule has 2 N–H and O–H groups in total. The largest absolute Gasteiger partial charge is 0.456 e. The Bertz CT molecular complexity index is 1090. The first kappa shape index (κ1) is 19.3. The number of ether oxygens (including phenoxy) is 1. The van der Waals surface area contributed by atoms with E-state index < -0.39 is 11.9 Å². The van der Waals surface area contributed by atoms with Crippen molar-refractivity contribution in [3.63, 3.8) is 0 Å². The number of carbonyl (C=O) groups is 2. The smallest absolute Gasteiger partial charge is 0.306 e. The molecular weight excluding hydrogens is 358 g/mol. The molecule has 7 heteroatoms. The number of H-pyrrole nitrogens is 1. The van der Waals surface area contributed by atoms with Crippen LogP contribution in [-0.4, -0.2) is 28.5 Å². The quantitative estimate of drug-likeness (QED) is 0.641. The number of para-hydroxylation sites is 1. The zero-order valence-electron chi connectivity index (χ0n) is 15.7. The number of hydrogen-bond donors (Lipinski definition) is 2. The molecule has 1 heterocycles. The predicted molar refractivity (Wildman–Crippen MR) is 106 cm³/mol. The number of rotatable bonds is 6. The van der Waals surface area contributed by atoms with Crippen molar-refractivity contribution in [3.05, 3.63) is 69.8 Å². The van der Waals surface area contributed by atoms with Crippen molar-refractivity contribution >= 4 is 28.5 Å². The summed E-state index contributed by atoms with van der Waals surface area (Å²) in [6.45, 7) is 3.45. The fraction of sp³-hybridized carbons (Fsp3) is 0.238. The molecule has 1 amide bonds. The molecule has 0 radical (unpaired) electrons. The Morgan fingerprint density at radius 2 is 1.93 bits per heavy atom. The number of hydrogen-bond acceptors (Lipinski definition) is 5. The Morgan fingerprint density at radius 1 is 1.14 bits per heavy atom. The van der Waals surface area contributed by atoms with E-state index in [0.29, 0.717) is 22.4 Å². The number of fused-ring (bicyclic) bond motifs is 1. The van der Waals surface area contributed by atoms with Gasteiger partial charge in [0.2, 0.25) is 0 Å². The first-order valence-corrected chi connectivity index (χ1v) is 8.93. The highest BCUT2D eigenvalue weighted by molar-refractivity contribution is 5.93. The maximum Gasteiger partial charge on any atom is 0.306 e. The molecule has 28 heavy (non-hydrogen) atoms. The topological polar surface area (TPSA) is 101 Å². The second-order valence-electron chi connectivity index (χ2n) is 6.56. The summed E-state index contributed by atoms with van der Waals surface area (Å²) in [4.78, 5) is 42.9. The van der Waals surface area contributed by atoms with E-state index in [9.17, 15) is 14.4 Å². The van der Waals surface area contributed by atoms with Gasteiger partial charge in [-0.15, -0.1) is 0 Å². The SMILES string of the molecule is Cc1ccc(C)c(NC(=O)COC(=O)CCc2nc3ccccc3c(=O)[nH]2)c1. The Kier molecular flexibility index (Phi) is 5.84. The molecule has 7 nitrogen and oxygen atoms in total. The van der Waals surface area contributed by atoms with Gasteiger partial charge in [0.1, 0.15) is 5.82 Å². The summed E-state index contributed by atoms with van der Waals surface area (Å²) in [5.41, 5.74) is 2.97. The van der Waals surface area contributed by atoms with Crippen LogP contribution in [0.5, 0.6) is 0 Å². The summed E-state index contributed by atoms with van der Waals surface area (Å²) in [6, 6.07) is 12.7. The Morgan fingerprint density at radius 3 is 2.75 bits per heavy atom. The number of aromatic amines is 1. The first-order chi connectivity index (χ1) is 13.4. The molecule has 0 bridgehead atoms. The molecule has 144 valence electrons. The van der Waals surface area contributed by atoms with Crippen LogP contribution in [-0.2, 0) is 20.7 Å². The summed E-state index contributed by atoms with van der Waals surface area (Å²) in [6.07, 6.45) is 0.232. The van der Waals surface area contributed by atoms with Crippen LogP contribution in [0.15, 0.2) is 47.3 Å². The highest BCUT2D eigenvalue weighted by Gasteiger charge is 2.11. The van der Waals surface area contributed by atoms with E-state index in [1.807, 2.05) is 32.0 Å². The minimum Gasteiger partial charge on any atom is -0.456 e. The fourth-order valence-corrected chi connectivity index (χ4v) is 2.75. The molecule has 0 fully saturated rings. The summed E-state index contributed by atoms with van der Waals surface area (Å²) in [5, 5.41) is 3.23. The molecule has 3 aromatic rings. The minimum atomic E-state index is -0.535. The number of carbonyl (C=O) groups excluding carboxylic acids is 2. The van der Waals surface area contributed by atoms with Gasteiger partial charge in [-0.25, -0.2) is 4.98 Å². The van der Waals surface area contributed by atoms with Gasteiger partial charge in [-0.3, -0.25) is 14.4 Å². The molecule has 0 saturated heterocycles. The average Bonchev–Trinajstić information content (AvgIpc) is 2.67. The van der Waals surface area contributed by atoms with Crippen LogP contribution in [0.25, 0.3) is 10.9 Å². The Labute approximate surface area is 161 Å². The maximum atomic E-state index is 12.0. The van der Waals surface area contributed by atoms with E-state index in [2.05, 4.69) is 15.3 Å². The predicted octanol–water partition coefficient (Wildman–Crippen LogP) is 2.65. The van der Waals surface area contributed by atoms with Gasteiger partial charge in [0.15, 0.2) is 6.61 Å². The molecule has 1 aromatic heterocycles. The number of aryl methyl sites for hydroxylation is 3. The number of aromatic nitrogens is 2. The van der Waals surface area contributed by atoms with Crippen molar-refractivity contribution < 1.29 is 14.3 Å². The van der Waals surface area contributed by atoms with Crippen molar-refractivity contribution in [2.24, 2.45) is 0 Å². The molecule has 0 atom stereocenters. The normalized spacial score (nSPS) is 10.6. The van der Waals surface area contributed by atoms with Gasteiger partial charge in [-0.05, 0) is 43.2 Å². The van der Waals surface area contributed by atoms with Crippen molar-refractivity contribution in [3.8, 4) is 0 Å². The van der Waals surface area contributed by atoms with Gasteiger partial charge >= 0.3 is 5.97 Å². The number of anilines is 1. The Balaban J connectivity index is 1.51. The van der Waals surface area contributed by atoms with E-state index in [1.54, 1.807) is 24.3 Å². The van der Waals surface area contributed by atoms with Gasteiger partial charge in [0.25, 0.3) is 11.5 Å². The zero-order chi connectivity index (χ0) is 20.1. The van der Waals surface area contributed by atoms with Crippen molar-refractivity contribution in [1.29, 1.82) is 0 Å². The molecule has 2 aromatic carbocycles. The van der Waals surface area contributed by atoms with Crippen molar-refractivity contribution in [2.75, 3.05) is 11.9 Å². The lowest BCUT2D eigenvalue weighted by Crippen LogP contribution is -2.22. The lowest BCUT2D eigenvalue weighted by Gasteiger charge is -2.10. The van der Waals surface area contributed by atoms with Crippen LogP contribution in [0.2, 0.25) is 0 Å². The van der Waals surface area contributed by atoms with E-state index in [4.69, 9.17) is 4.74 Å². The van der Waals surface area contributed by atoms with Crippen LogP contribution < -0.4 is 10.9 Å². The molecule has 0 unspecified atom stereocenters. The average molecular weight is 379 g/mol. The van der Waals surface area contributed by atoms with Crippen molar-refractivity contribution in [1.82, 2.24) is 9.97 Å². The third-order valence-electron chi connectivity index (χ3n) is 4.26. The van der Waals surface area contributed by atoms with Crippen LogP contribution >= 0.6 is 0 Å². The highest BCUT2D eigenvalue weighted by atomic mass is 16.5. The van der Waals surface area contributed by atoms with Crippen molar-refractivity contribution in [2.45, 2.75) is 26.7 Å². The maximum absolute atomic E-state index is 12.0. The van der Waals surface area contributed by atoms with Gasteiger partial charge in [0.05, 0.1) is 17.3 Å². The van der Waals surface area contributed by atoms with Gasteiger partial charge in [-0.1, -0.05) is 24.3 Å². The van der Waals surface area contributed by atoms with Gasteiger partial charge in [0, 0.05) is 12.1 Å². The minimum absolute atomic E-state index is 0.0119. The summed E-state index contributed by atoms with van der Waals surface area (Å²) < 4.78 is 5.01. The van der Waals surface area contributed by atoms with Crippen LogP contribution in [0, 0.1) is 13.8 Å². The summed E-state index contributed by atoms with van der Waals surface area (Å²) >= 11 is 0. The second-order valence-corrected chi connectivity index (χ2v) is 6.56. The third-order valence-corrected chi connectivity index (χ3v) is 4.26. The number of benzene rings is 2. The first-order valence-electron chi connectivity index (χ1n) is 8.93. The van der Waals surface area contributed by atoms with Crippen LogP contribution in [0.1, 0.15) is 23.4 Å². The van der Waals surface area contributed by atoms with E-state index in [1.165, 1.54) is 0 Å². The molecular formula is C21H21N3O4. The number of nitrogens with zero attached hydrogens (tertiary/aromatic N) is 1. The molecule has 0 aliphatic heterocycles. The standard InChI is InChI=1S/C21H21N3O4/c1-13-7-8-14(2)17(11-13)23-19(25)12-28-20(26)10-9-18-22-16-6-4-3-5-15(16)21(27)24-18/h3-8,11H,9-10,12H2,1-2H3,(H,23,25)(H,22,24,27). The summed E-state index contributed by atoms with van der Waals surface area (Å²) in [7, 11) is 0. The van der Waals surface area contributed by atoms with Gasteiger partial charge < -0.3 is 15.0 Å². The number of nitrogens with one attached hydrogen (secondary N) is 2. The zero-order valence-corrected chi connectivity index (χ0v) is 15.7. The van der Waals surface area contributed by atoms with E-state index in [-0.39, 0.29) is 25.0 Å². The molecule has 0 spiro atoms. The lowest BCUT2D eigenvalue weighted by atomic mass is 10.1. The Hall–Kier alpha value is -3.48. The summed E-state index contributed by atoms with van der Waals surface area (Å²) in [5.74, 6) is -0.535. The molecule has 0 saturated carbocycles. The molecule has 0 aliphatic carbocycles. The molecule has 0 aliphatic rings. The molecule has 3 rings (SSSR count). The fourth-order valence-electron chi connectivity index (χ4n) is 2.75. The lowest BCUT2D eigenvalue weighted by molar-refractivity contribution is -0.147.